The van der Waals surface area contributed by atoms with Gasteiger partial charge >= 0.3 is 12.1 Å². The molecule has 0 saturated heterocycles. The maximum absolute atomic E-state index is 12.5. The Kier molecular flexibility index (Phi) is 6.56. The molecule has 0 N–H and O–H groups in total. The minimum atomic E-state index is -0.784. The molecule has 0 aliphatic rings. The van der Waals surface area contributed by atoms with Crippen LogP contribution in [-0.2, 0) is 34.3 Å². The Bertz CT molecular complexity index is 699. The van der Waals surface area contributed by atoms with Crippen molar-refractivity contribution in [3.63, 3.8) is 0 Å². The largest absolute Gasteiger partial charge is 0.467 e. The van der Waals surface area contributed by atoms with Crippen LogP contribution in [-0.4, -0.2) is 46.2 Å². The van der Waals surface area contributed by atoms with Crippen LogP contribution in [0.4, 0.5) is 4.79 Å². The lowest BCUT2D eigenvalue weighted by molar-refractivity contribution is -0.146. The molecule has 2 rings (SSSR count). The molecule has 134 valence electrons. The van der Waals surface area contributed by atoms with E-state index in [1.54, 1.807) is 24.0 Å². The average Bonchev–Trinajstić information content (AvgIpc) is 3.05. The van der Waals surface area contributed by atoms with Crippen LogP contribution in [0.25, 0.3) is 0 Å². The molecule has 1 heterocycles. The molecule has 7 nitrogen and oxygen atoms in total. The minimum absolute atomic E-state index is 0.146. The van der Waals surface area contributed by atoms with Gasteiger partial charge in [0.2, 0.25) is 0 Å². The lowest BCUT2D eigenvalue weighted by atomic mass is 10.1. The number of benzene rings is 1. The molecule has 0 spiro atoms. The first kappa shape index (κ1) is 18.5. The summed E-state index contributed by atoms with van der Waals surface area (Å²) in [6.45, 7) is 2.26. The van der Waals surface area contributed by atoms with E-state index < -0.39 is 18.1 Å². The monoisotopic (exact) mass is 345 g/mol. The van der Waals surface area contributed by atoms with Crippen molar-refractivity contribution in [2.75, 3.05) is 13.7 Å². The van der Waals surface area contributed by atoms with Gasteiger partial charge in [-0.2, -0.15) is 0 Å². The van der Waals surface area contributed by atoms with Crippen LogP contribution < -0.4 is 0 Å². The van der Waals surface area contributed by atoms with Gasteiger partial charge in [-0.1, -0.05) is 30.3 Å². The smallest absolute Gasteiger partial charge is 0.410 e. The van der Waals surface area contributed by atoms with E-state index in [1.165, 1.54) is 12.0 Å². The van der Waals surface area contributed by atoms with Crippen molar-refractivity contribution in [3.8, 4) is 0 Å². The molecule has 7 heteroatoms. The molecule has 1 aromatic carbocycles. The Hall–Kier alpha value is -2.83. The fraction of sp³-hybridized carbons (Fsp3) is 0.389. The number of carbonyl (C=O) groups is 2. The van der Waals surface area contributed by atoms with Crippen molar-refractivity contribution in [2.24, 2.45) is 7.05 Å². The Morgan fingerprint density at radius 2 is 2.00 bits per heavy atom. The van der Waals surface area contributed by atoms with Gasteiger partial charge in [-0.05, 0) is 12.5 Å². The number of imidazole rings is 1. The predicted molar refractivity (Wildman–Crippen MR) is 91.7 cm³/mol. The van der Waals surface area contributed by atoms with Crippen molar-refractivity contribution in [2.45, 2.75) is 26.0 Å². The molecular formula is C18H23N3O4. The summed E-state index contributed by atoms with van der Waals surface area (Å²) in [5, 5.41) is 0. The molecular weight excluding hydrogens is 322 g/mol. The molecule has 2 aromatic rings. The zero-order valence-electron chi connectivity index (χ0n) is 14.7. The van der Waals surface area contributed by atoms with E-state index >= 15 is 0 Å². The van der Waals surface area contributed by atoms with E-state index in [-0.39, 0.29) is 13.0 Å². The fourth-order valence-electron chi connectivity index (χ4n) is 2.51. The minimum Gasteiger partial charge on any atom is -0.467 e. The zero-order chi connectivity index (χ0) is 18.2. The van der Waals surface area contributed by atoms with Crippen LogP contribution in [0.3, 0.4) is 0 Å². The van der Waals surface area contributed by atoms with E-state index in [0.29, 0.717) is 12.2 Å². The quantitative estimate of drug-likeness (QED) is 0.719. The summed E-state index contributed by atoms with van der Waals surface area (Å²) in [6, 6.07) is 8.60. The lowest BCUT2D eigenvalue weighted by Gasteiger charge is -2.27. The molecule has 0 aliphatic heterocycles. The van der Waals surface area contributed by atoms with Gasteiger partial charge in [-0.15, -0.1) is 0 Å². The first-order valence-corrected chi connectivity index (χ1v) is 8.07. The summed E-state index contributed by atoms with van der Waals surface area (Å²) in [7, 11) is 3.15. The summed E-state index contributed by atoms with van der Waals surface area (Å²) in [4.78, 5) is 30.3. The highest BCUT2D eigenvalue weighted by molar-refractivity contribution is 5.81. The fourth-order valence-corrected chi connectivity index (χ4v) is 2.51. The average molecular weight is 345 g/mol. The van der Waals surface area contributed by atoms with Crippen LogP contribution in [0.2, 0.25) is 0 Å². The number of methoxy groups -OCH3 is 1. The van der Waals surface area contributed by atoms with Crippen molar-refractivity contribution in [1.29, 1.82) is 0 Å². The number of ether oxygens (including phenoxy) is 2. The number of nitrogens with zero attached hydrogens (tertiary/aromatic N) is 3. The number of aryl methyl sites for hydroxylation is 1. The topological polar surface area (TPSA) is 73.7 Å². The van der Waals surface area contributed by atoms with Gasteiger partial charge < -0.3 is 14.0 Å². The lowest BCUT2D eigenvalue weighted by Crippen LogP contribution is -2.47. The molecule has 0 saturated carbocycles. The summed E-state index contributed by atoms with van der Waals surface area (Å²) >= 11 is 0. The van der Waals surface area contributed by atoms with Gasteiger partial charge in [-0.3, -0.25) is 4.90 Å². The van der Waals surface area contributed by atoms with Gasteiger partial charge in [0.15, 0.2) is 0 Å². The maximum Gasteiger partial charge on any atom is 0.410 e. The van der Waals surface area contributed by atoms with Crippen LogP contribution in [0.15, 0.2) is 42.9 Å². The van der Waals surface area contributed by atoms with E-state index in [9.17, 15) is 9.59 Å². The third-order valence-corrected chi connectivity index (χ3v) is 3.79. The highest BCUT2D eigenvalue weighted by atomic mass is 16.6. The number of aromatic nitrogens is 2. The SMILES string of the molecule is CCN(C(=O)OCc1ccccc1)[C@H](Cc1cn(C)cn1)C(=O)OC. The highest BCUT2D eigenvalue weighted by Gasteiger charge is 2.31. The van der Waals surface area contributed by atoms with Crippen molar-refractivity contribution >= 4 is 12.1 Å². The maximum atomic E-state index is 12.5. The molecule has 25 heavy (non-hydrogen) atoms. The number of carbonyl (C=O) groups excluding carboxylic acids is 2. The molecule has 0 unspecified atom stereocenters. The summed E-state index contributed by atoms with van der Waals surface area (Å²) in [5.41, 5.74) is 1.58. The molecule has 1 atom stereocenters. The number of hydrogen-bond donors (Lipinski definition) is 0. The third kappa shape index (κ3) is 5.07. The zero-order valence-corrected chi connectivity index (χ0v) is 14.7. The molecule has 1 aromatic heterocycles. The summed E-state index contributed by atoms with van der Waals surface area (Å²) in [5.74, 6) is -0.496. The number of hydrogen-bond acceptors (Lipinski definition) is 5. The van der Waals surface area contributed by atoms with Crippen LogP contribution in [0, 0.1) is 0 Å². The Balaban J connectivity index is 2.08. The number of likely N-dealkylation sites (N-methyl/N-ethyl adjacent to an activating group) is 1. The van der Waals surface area contributed by atoms with Crippen molar-refractivity contribution in [3.05, 3.63) is 54.1 Å². The second kappa shape index (κ2) is 8.86. The van der Waals surface area contributed by atoms with Crippen molar-refractivity contribution < 1.29 is 19.1 Å². The molecule has 0 radical (unpaired) electrons. The van der Waals surface area contributed by atoms with Gasteiger partial charge in [0.1, 0.15) is 12.6 Å². The normalized spacial score (nSPS) is 11.6. The van der Waals surface area contributed by atoms with Gasteiger partial charge in [0, 0.05) is 26.2 Å². The van der Waals surface area contributed by atoms with Crippen molar-refractivity contribution in [1.82, 2.24) is 14.5 Å². The Labute approximate surface area is 147 Å². The Morgan fingerprint density at radius 3 is 2.56 bits per heavy atom. The second-order valence-corrected chi connectivity index (χ2v) is 5.60. The van der Waals surface area contributed by atoms with Gasteiger partial charge in [0.05, 0.1) is 19.1 Å². The molecule has 0 fully saturated rings. The van der Waals surface area contributed by atoms with Gasteiger partial charge in [-0.25, -0.2) is 14.6 Å². The number of rotatable bonds is 7. The third-order valence-electron chi connectivity index (χ3n) is 3.79. The highest BCUT2D eigenvalue weighted by Crippen LogP contribution is 2.12. The van der Waals surface area contributed by atoms with Gasteiger partial charge in [0.25, 0.3) is 0 Å². The van der Waals surface area contributed by atoms with E-state index in [0.717, 1.165) is 5.56 Å². The summed E-state index contributed by atoms with van der Waals surface area (Å²) < 4.78 is 12.0. The van der Waals surface area contributed by atoms with E-state index in [1.807, 2.05) is 37.4 Å². The molecule has 1 amide bonds. The van der Waals surface area contributed by atoms with Crippen LogP contribution in [0.5, 0.6) is 0 Å². The van der Waals surface area contributed by atoms with Crippen LogP contribution in [0.1, 0.15) is 18.2 Å². The Morgan fingerprint density at radius 1 is 1.28 bits per heavy atom. The first-order valence-electron chi connectivity index (χ1n) is 8.07. The second-order valence-electron chi connectivity index (χ2n) is 5.60. The van der Waals surface area contributed by atoms with E-state index in [4.69, 9.17) is 9.47 Å². The number of amides is 1. The standard InChI is InChI=1S/C18H23N3O4/c1-4-21(18(23)25-12-14-8-6-5-7-9-14)16(17(22)24-3)10-15-11-20(2)13-19-15/h5-9,11,13,16H,4,10,12H2,1-3H3/t16-/m1/s1. The first-order chi connectivity index (χ1) is 12.0. The van der Waals surface area contributed by atoms with E-state index in [2.05, 4.69) is 4.98 Å². The summed E-state index contributed by atoms with van der Waals surface area (Å²) in [6.07, 6.45) is 3.16. The molecule has 0 aliphatic carbocycles. The molecule has 0 bridgehead atoms. The van der Waals surface area contributed by atoms with Crippen LogP contribution >= 0.6 is 0 Å². The number of esters is 1. The predicted octanol–water partition coefficient (Wildman–Crippen LogP) is 2.16.